The number of alkyl halides is 3. The molecule has 0 bridgehead atoms. The zero-order valence-electron chi connectivity index (χ0n) is 15.0. The highest BCUT2D eigenvalue weighted by Crippen LogP contribution is 2.30. The zero-order valence-corrected chi connectivity index (χ0v) is 18.1. The second kappa shape index (κ2) is 10.0. The summed E-state index contributed by atoms with van der Waals surface area (Å²) in [5.41, 5.74) is 1.16. The molecule has 28 heavy (non-hydrogen) atoms. The predicted molar refractivity (Wildman–Crippen MR) is 116 cm³/mol. The maximum atomic E-state index is 12.6. The number of aliphatic imine (C=N–C) groups is 1. The van der Waals surface area contributed by atoms with Gasteiger partial charge in [-0.3, -0.25) is 9.98 Å². The minimum atomic E-state index is -4.40. The van der Waals surface area contributed by atoms with Crippen LogP contribution in [0.1, 0.15) is 16.3 Å². The van der Waals surface area contributed by atoms with E-state index in [1.165, 1.54) is 0 Å². The summed E-state index contributed by atoms with van der Waals surface area (Å²) in [5.74, 6) is 0.573. The van der Waals surface area contributed by atoms with Crippen molar-refractivity contribution in [2.24, 2.45) is 4.99 Å². The number of nitrogens with one attached hydrogen (secondary N) is 2. The summed E-state index contributed by atoms with van der Waals surface area (Å²) in [7, 11) is 1.64. The molecule has 0 aliphatic heterocycles. The Morgan fingerprint density at radius 2 is 1.96 bits per heavy atom. The van der Waals surface area contributed by atoms with Crippen molar-refractivity contribution in [2.45, 2.75) is 19.1 Å². The SMILES string of the molecule is CN=C(NCCc1nc(C(F)(F)F)cs1)NCc1ccnc2ccccc12.I. The van der Waals surface area contributed by atoms with Crippen LogP contribution >= 0.6 is 35.3 Å². The number of halogens is 4. The van der Waals surface area contributed by atoms with Crippen LogP contribution in [0, 0.1) is 0 Å². The number of aromatic nitrogens is 2. The van der Waals surface area contributed by atoms with Crippen LogP contribution in [0.2, 0.25) is 0 Å². The fourth-order valence-corrected chi connectivity index (χ4v) is 3.36. The molecule has 0 saturated heterocycles. The van der Waals surface area contributed by atoms with Gasteiger partial charge in [-0.1, -0.05) is 18.2 Å². The van der Waals surface area contributed by atoms with Gasteiger partial charge in [-0.2, -0.15) is 13.2 Å². The average molecular weight is 521 g/mol. The lowest BCUT2D eigenvalue weighted by Crippen LogP contribution is -2.37. The molecule has 0 atom stereocenters. The van der Waals surface area contributed by atoms with E-state index in [0.717, 1.165) is 33.2 Å². The zero-order chi connectivity index (χ0) is 19.3. The van der Waals surface area contributed by atoms with Gasteiger partial charge in [0, 0.05) is 43.5 Å². The molecule has 0 spiro atoms. The summed E-state index contributed by atoms with van der Waals surface area (Å²) in [6, 6.07) is 9.81. The van der Waals surface area contributed by atoms with Crippen molar-refractivity contribution in [1.82, 2.24) is 20.6 Å². The van der Waals surface area contributed by atoms with Gasteiger partial charge in [0.2, 0.25) is 0 Å². The van der Waals surface area contributed by atoms with E-state index in [9.17, 15) is 13.2 Å². The Bertz CT molecular complexity index is 937. The van der Waals surface area contributed by atoms with Crippen LogP contribution in [0.25, 0.3) is 10.9 Å². The van der Waals surface area contributed by atoms with Gasteiger partial charge in [0.05, 0.1) is 10.5 Å². The smallest absolute Gasteiger partial charge is 0.356 e. The van der Waals surface area contributed by atoms with Gasteiger partial charge in [-0.25, -0.2) is 4.98 Å². The molecule has 150 valence electrons. The van der Waals surface area contributed by atoms with Crippen LogP contribution in [0.3, 0.4) is 0 Å². The average Bonchev–Trinajstić information content (AvgIpc) is 3.14. The molecule has 1 aromatic carbocycles. The number of benzene rings is 1. The minimum Gasteiger partial charge on any atom is -0.356 e. The lowest BCUT2D eigenvalue weighted by Gasteiger charge is -2.12. The van der Waals surface area contributed by atoms with E-state index in [-0.39, 0.29) is 24.0 Å². The van der Waals surface area contributed by atoms with Crippen LogP contribution in [0.4, 0.5) is 13.2 Å². The van der Waals surface area contributed by atoms with Gasteiger partial charge in [-0.05, 0) is 17.7 Å². The molecular formula is C18H19F3IN5S. The second-order valence-electron chi connectivity index (χ2n) is 5.71. The number of guanidine groups is 1. The van der Waals surface area contributed by atoms with Crippen molar-refractivity contribution in [3.8, 4) is 0 Å². The number of fused-ring (bicyclic) bond motifs is 1. The van der Waals surface area contributed by atoms with Gasteiger partial charge in [0.15, 0.2) is 11.7 Å². The molecule has 0 aliphatic rings. The van der Waals surface area contributed by atoms with Gasteiger partial charge in [-0.15, -0.1) is 35.3 Å². The number of para-hydroxylation sites is 1. The quantitative estimate of drug-likeness (QED) is 0.300. The molecule has 0 unspecified atom stereocenters. The van der Waals surface area contributed by atoms with Crippen LogP contribution in [0.5, 0.6) is 0 Å². The summed E-state index contributed by atoms with van der Waals surface area (Å²) < 4.78 is 37.7. The molecule has 10 heteroatoms. The van der Waals surface area contributed by atoms with E-state index < -0.39 is 11.9 Å². The van der Waals surface area contributed by atoms with Crippen molar-refractivity contribution < 1.29 is 13.2 Å². The number of nitrogens with zero attached hydrogens (tertiary/aromatic N) is 3. The Hall–Kier alpha value is -1.95. The summed E-state index contributed by atoms with van der Waals surface area (Å²) in [6.45, 7) is 0.986. The lowest BCUT2D eigenvalue weighted by molar-refractivity contribution is -0.140. The highest BCUT2D eigenvalue weighted by atomic mass is 127. The number of pyridine rings is 1. The third kappa shape index (κ3) is 5.77. The summed E-state index contributed by atoms with van der Waals surface area (Å²) in [5, 5.41) is 8.84. The molecule has 3 aromatic rings. The number of thiazole rings is 1. The molecule has 0 amide bonds. The second-order valence-corrected chi connectivity index (χ2v) is 6.66. The first-order valence-electron chi connectivity index (χ1n) is 8.26. The molecule has 2 heterocycles. The van der Waals surface area contributed by atoms with Gasteiger partial charge < -0.3 is 10.6 Å². The number of rotatable bonds is 5. The summed E-state index contributed by atoms with van der Waals surface area (Å²) in [6.07, 6.45) is -2.25. The molecular weight excluding hydrogens is 502 g/mol. The Morgan fingerprint density at radius 3 is 2.68 bits per heavy atom. The van der Waals surface area contributed by atoms with Crippen molar-refractivity contribution in [3.05, 3.63) is 58.2 Å². The number of hydrogen-bond acceptors (Lipinski definition) is 4. The van der Waals surface area contributed by atoms with Crippen LogP contribution < -0.4 is 10.6 Å². The molecule has 2 N–H and O–H groups in total. The summed E-state index contributed by atoms with van der Waals surface area (Å²) >= 11 is 1.01. The molecule has 0 fully saturated rings. The largest absolute Gasteiger partial charge is 0.434 e. The maximum Gasteiger partial charge on any atom is 0.434 e. The van der Waals surface area contributed by atoms with E-state index in [1.54, 1.807) is 13.2 Å². The Labute approximate surface area is 181 Å². The van der Waals surface area contributed by atoms with Crippen LogP contribution in [-0.2, 0) is 19.1 Å². The monoisotopic (exact) mass is 521 g/mol. The summed E-state index contributed by atoms with van der Waals surface area (Å²) in [4.78, 5) is 12.1. The third-order valence-electron chi connectivity index (χ3n) is 3.88. The Kier molecular flexibility index (Phi) is 7.98. The molecule has 0 aliphatic carbocycles. The van der Waals surface area contributed by atoms with E-state index in [4.69, 9.17) is 0 Å². The van der Waals surface area contributed by atoms with Crippen LogP contribution in [-0.4, -0.2) is 29.5 Å². The molecule has 2 aromatic heterocycles. The Morgan fingerprint density at radius 1 is 1.18 bits per heavy atom. The van der Waals surface area contributed by atoms with Gasteiger partial charge >= 0.3 is 6.18 Å². The third-order valence-corrected chi connectivity index (χ3v) is 4.79. The minimum absolute atomic E-state index is 0. The lowest BCUT2D eigenvalue weighted by atomic mass is 10.1. The number of hydrogen-bond donors (Lipinski definition) is 2. The highest BCUT2D eigenvalue weighted by molar-refractivity contribution is 14.0. The predicted octanol–water partition coefficient (Wildman–Crippen LogP) is 4.24. The highest BCUT2D eigenvalue weighted by Gasteiger charge is 2.33. The topological polar surface area (TPSA) is 62.2 Å². The van der Waals surface area contributed by atoms with E-state index in [2.05, 4.69) is 25.6 Å². The van der Waals surface area contributed by atoms with Gasteiger partial charge in [0.1, 0.15) is 0 Å². The first-order valence-corrected chi connectivity index (χ1v) is 9.14. The maximum absolute atomic E-state index is 12.6. The van der Waals surface area contributed by atoms with Gasteiger partial charge in [0.25, 0.3) is 0 Å². The van der Waals surface area contributed by atoms with E-state index >= 15 is 0 Å². The van der Waals surface area contributed by atoms with Crippen molar-refractivity contribution in [2.75, 3.05) is 13.6 Å². The Balaban J connectivity index is 0.00000280. The molecule has 3 rings (SSSR count). The molecule has 0 radical (unpaired) electrons. The fourth-order valence-electron chi connectivity index (χ4n) is 2.55. The molecule has 5 nitrogen and oxygen atoms in total. The normalized spacial score (nSPS) is 11.9. The first kappa shape index (κ1) is 22.3. The first-order chi connectivity index (χ1) is 13.0. The van der Waals surface area contributed by atoms with E-state index in [1.807, 2.05) is 30.3 Å². The molecule has 0 saturated carbocycles. The van der Waals surface area contributed by atoms with E-state index in [0.29, 0.717) is 30.5 Å². The van der Waals surface area contributed by atoms with Crippen molar-refractivity contribution in [3.63, 3.8) is 0 Å². The van der Waals surface area contributed by atoms with Crippen molar-refractivity contribution >= 4 is 52.2 Å². The van der Waals surface area contributed by atoms with Crippen molar-refractivity contribution in [1.29, 1.82) is 0 Å². The standard InChI is InChI=1S/C18H18F3N5S.HI/c1-22-17(24-9-7-16-26-15(11-27-16)18(19,20)21)25-10-12-6-8-23-14-5-3-2-4-13(12)14;/h2-6,8,11H,7,9-10H2,1H3,(H2,22,24,25);1H. The fraction of sp³-hybridized carbons (Fsp3) is 0.278. The van der Waals surface area contributed by atoms with Crippen LogP contribution in [0.15, 0.2) is 46.9 Å².